The lowest BCUT2D eigenvalue weighted by atomic mass is 10.4. The molecule has 1 atom stereocenters. The van der Waals surface area contributed by atoms with Crippen LogP contribution in [0.4, 0.5) is 4.39 Å². The van der Waals surface area contributed by atoms with Crippen molar-refractivity contribution in [2.75, 3.05) is 0 Å². The molecule has 0 aromatic heterocycles. The highest BCUT2D eigenvalue weighted by atomic mass is 19.1. The molecule has 0 rings (SSSR count). The van der Waals surface area contributed by atoms with Crippen LogP contribution in [-0.2, 0) is 0 Å². The maximum absolute atomic E-state index is 12.0. The van der Waals surface area contributed by atoms with Gasteiger partial charge < -0.3 is 0 Å². The van der Waals surface area contributed by atoms with E-state index in [4.69, 9.17) is 0 Å². The number of aliphatic imine (C=N–C) groups is 1. The zero-order valence-electron chi connectivity index (χ0n) is 8.06. The SMILES string of the molecule is C/C=C(/C)N=CC(C)F.CC. The van der Waals surface area contributed by atoms with Crippen LogP contribution in [0.1, 0.15) is 34.6 Å². The molecule has 0 aromatic carbocycles. The van der Waals surface area contributed by atoms with E-state index >= 15 is 0 Å². The van der Waals surface area contributed by atoms with Gasteiger partial charge in [-0.25, -0.2) is 4.39 Å². The number of halogens is 1. The molecule has 0 N–H and O–H groups in total. The zero-order chi connectivity index (χ0) is 9.28. The second-order valence-electron chi connectivity index (χ2n) is 1.89. The molecule has 0 spiro atoms. The molecule has 0 radical (unpaired) electrons. The molecule has 11 heavy (non-hydrogen) atoms. The molecule has 0 bridgehead atoms. The summed E-state index contributed by atoms with van der Waals surface area (Å²) in [5.74, 6) is 0. The second-order valence-corrected chi connectivity index (χ2v) is 1.89. The minimum Gasteiger partial charge on any atom is -0.263 e. The van der Waals surface area contributed by atoms with Crippen molar-refractivity contribution < 1.29 is 4.39 Å². The minimum absolute atomic E-state index is 0.847. The van der Waals surface area contributed by atoms with Crippen molar-refractivity contribution in [2.24, 2.45) is 4.99 Å². The van der Waals surface area contributed by atoms with Crippen molar-refractivity contribution in [1.29, 1.82) is 0 Å². The number of nitrogens with zero attached hydrogens (tertiary/aromatic N) is 1. The predicted molar refractivity (Wildman–Crippen MR) is 49.8 cm³/mol. The fourth-order valence-corrected chi connectivity index (χ4v) is 0.295. The lowest BCUT2D eigenvalue weighted by Gasteiger charge is -1.89. The molecule has 0 saturated heterocycles. The molecule has 1 nitrogen and oxygen atoms in total. The third kappa shape index (κ3) is 12.5. The minimum atomic E-state index is -0.945. The van der Waals surface area contributed by atoms with Crippen molar-refractivity contribution in [3.63, 3.8) is 0 Å². The van der Waals surface area contributed by atoms with E-state index in [0.29, 0.717) is 0 Å². The first kappa shape index (κ1) is 13.0. The van der Waals surface area contributed by atoms with Crippen molar-refractivity contribution in [1.82, 2.24) is 0 Å². The number of hydrogen-bond acceptors (Lipinski definition) is 1. The molecule has 2 heteroatoms. The molecule has 0 aliphatic rings. The number of allylic oxidation sites excluding steroid dienone is 2. The van der Waals surface area contributed by atoms with E-state index in [9.17, 15) is 4.39 Å². The van der Waals surface area contributed by atoms with E-state index in [1.807, 2.05) is 33.8 Å². The van der Waals surface area contributed by atoms with E-state index in [1.54, 1.807) is 0 Å². The summed E-state index contributed by atoms with van der Waals surface area (Å²) in [5, 5.41) is 0. The van der Waals surface area contributed by atoms with Crippen molar-refractivity contribution in [3.05, 3.63) is 11.8 Å². The molecule has 0 aliphatic carbocycles. The van der Waals surface area contributed by atoms with E-state index in [2.05, 4.69) is 4.99 Å². The fourth-order valence-electron chi connectivity index (χ4n) is 0.295. The number of hydrogen-bond donors (Lipinski definition) is 0. The van der Waals surface area contributed by atoms with E-state index < -0.39 is 6.17 Å². The molecule has 1 unspecified atom stereocenters. The van der Waals surface area contributed by atoms with Gasteiger partial charge in [-0.15, -0.1) is 0 Å². The van der Waals surface area contributed by atoms with Crippen LogP contribution in [-0.4, -0.2) is 12.4 Å². The summed E-state index contributed by atoms with van der Waals surface area (Å²) >= 11 is 0. The van der Waals surface area contributed by atoms with Gasteiger partial charge in [0, 0.05) is 11.9 Å². The number of alkyl halides is 1. The smallest absolute Gasteiger partial charge is 0.132 e. The summed E-state index contributed by atoms with van der Waals surface area (Å²) < 4.78 is 12.0. The Morgan fingerprint density at radius 2 is 1.91 bits per heavy atom. The normalized spacial score (nSPS) is 14.2. The Morgan fingerprint density at radius 1 is 1.45 bits per heavy atom. The summed E-state index contributed by atoms with van der Waals surface area (Å²) in [6.45, 7) is 9.15. The van der Waals surface area contributed by atoms with Gasteiger partial charge in [0.1, 0.15) is 6.17 Å². The van der Waals surface area contributed by atoms with Crippen LogP contribution in [0, 0.1) is 0 Å². The molecule has 0 fully saturated rings. The maximum atomic E-state index is 12.0. The second kappa shape index (κ2) is 9.34. The standard InChI is InChI=1S/C7H12FN.C2H6/c1-4-7(3)9-5-6(2)8;1-2/h4-6H,1-3H3;1-2H3/b7-4-,9-5?;. The Kier molecular flexibility index (Phi) is 11.0. The van der Waals surface area contributed by atoms with E-state index in [-0.39, 0.29) is 0 Å². The quantitative estimate of drug-likeness (QED) is 0.548. The first-order chi connectivity index (χ1) is 5.16. The summed E-state index contributed by atoms with van der Waals surface area (Å²) in [6.07, 6.45) is 2.17. The highest BCUT2D eigenvalue weighted by molar-refractivity contribution is 5.63. The summed E-state index contributed by atoms with van der Waals surface area (Å²) in [5.41, 5.74) is 0.847. The van der Waals surface area contributed by atoms with Crippen molar-refractivity contribution >= 4 is 6.21 Å². The molecular weight excluding hydrogens is 141 g/mol. The largest absolute Gasteiger partial charge is 0.263 e. The van der Waals surface area contributed by atoms with E-state index in [0.717, 1.165) is 5.70 Å². The Balaban J connectivity index is 0. The summed E-state index contributed by atoms with van der Waals surface area (Å²) in [7, 11) is 0. The summed E-state index contributed by atoms with van der Waals surface area (Å²) in [6, 6.07) is 0. The first-order valence-electron chi connectivity index (χ1n) is 3.98. The summed E-state index contributed by atoms with van der Waals surface area (Å²) in [4.78, 5) is 3.80. The lowest BCUT2D eigenvalue weighted by molar-refractivity contribution is 0.461. The fraction of sp³-hybridized carbons (Fsp3) is 0.667. The van der Waals surface area contributed by atoms with Crippen molar-refractivity contribution in [2.45, 2.75) is 40.8 Å². The van der Waals surface area contributed by atoms with Crippen LogP contribution in [0.5, 0.6) is 0 Å². The molecule has 66 valence electrons. The van der Waals surface area contributed by atoms with Gasteiger partial charge >= 0.3 is 0 Å². The van der Waals surface area contributed by atoms with Gasteiger partial charge in [-0.05, 0) is 20.8 Å². The maximum Gasteiger partial charge on any atom is 0.132 e. The molecule has 0 amide bonds. The van der Waals surface area contributed by atoms with Gasteiger partial charge in [0.15, 0.2) is 0 Å². The van der Waals surface area contributed by atoms with Gasteiger partial charge in [-0.2, -0.15) is 0 Å². The van der Waals surface area contributed by atoms with Crippen molar-refractivity contribution in [3.8, 4) is 0 Å². The number of rotatable bonds is 2. The van der Waals surface area contributed by atoms with Gasteiger partial charge in [-0.3, -0.25) is 4.99 Å². The Labute approximate surface area is 69.0 Å². The average Bonchev–Trinajstić information content (AvgIpc) is 2.04. The van der Waals surface area contributed by atoms with Crippen LogP contribution in [0.15, 0.2) is 16.8 Å². The van der Waals surface area contributed by atoms with Gasteiger partial charge in [0.05, 0.1) is 0 Å². The molecule has 0 aliphatic heterocycles. The third-order valence-corrected chi connectivity index (χ3v) is 0.901. The predicted octanol–water partition coefficient (Wildman–Crippen LogP) is 3.37. The van der Waals surface area contributed by atoms with Crippen LogP contribution in [0.3, 0.4) is 0 Å². The van der Waals surface area contributed by atoms with Crippen LogP contribution >= 0.6 is 0 Å². The van der Waals surface area contributed by atoms with Gasteiger partial charge in [-0.1, -0.05) is 19.9 Å². The Bertz CT molecular complexity index is 126. The van der Waals surface area contributed by atoms with Crippen LogP contribution in [0.2, 0.25) is 0 Å². The van der Waals surface area contributed by atoms with Gasteiger partial charge in [0.2, 0.25) is 0 Å². The third-order valence-electron chi connectivity index (χ3n) is 0.901. The first-order valence-corrected chi connectivity index (χ1v) is 3.98. The van der Waals surface area contributed by atoms with Crippen LogP contribution < -0.4 is 0 Å². The van der Waals surface area contributed by atoms with Gasteiger partial charge in [0.25, 0.3) is 0 Å². The topological polar surface area (TPSA) is 12.4 Å². The monoisotopic (exact) mass is 159 g/mol. The Morgan fingerprint density at radius 3 is 2.18 bits per heavy atom. The molecule has 0 saturated carbocycles. The molecule has 0 heterocycles. The lowest BCUT2D eigenvalue weighted by Crippen LogP contribution is -1.91. The average molecular weight is 159 g/mol. The van der Waals surface area contributed by atoms with E-state index in [1.165, 1.54) is 13.1 Å². The Hall–Kier alpha value is -0.660. The zero-order valence-corrected chi connectivity index (χ0v) is 8.06. The molecular formula is C9H18FN. The molecule has 0 aromatic rings. The highest BCUT2D eigenvalue weighted by Gasteiger charge is 1.87. The highest BCUT2D eigenvalue weighted by Crippen LogP contribution is 1.92. The van der Waals surface area contributed by atoms with Crippen LogP contribution in [0.25, 0.3) is 0 Å².